The van der Waals surface area contributed by atoms with E-state index < -0.39 is 0 Å². The number of rotatable bonds is 5. The molecular formula is C15H17ClINS. The van der Waals surface area contributed by atoms with Crippen molar-refractivity contribution in [2.45, 2.75) is 26.3 Å². The zero-order chi connectivity index (χ0) is 13.8. The number of thiophene rings is 1. The fourth-order valence-electron chi connectivity index (χ4n) is 1.95. The predicted octanol–water partition coefficient (Wildman–Crippen LogP) is 5.40. The molecule has 1 atom stereocenters. The molecule has 0 aliphatic carbocycles. The molecule has 2 aromatic rings. The molecule has 0 bridgehead atoms. The molecule has 1 heterocycles. The summed E-state index contributed by atoms with van der Waals surface area (Å²) in [7, 11) is 0. The van der Waals surface area contributed by atoms with Gasteiger partial charge < -0.3 is 5.32 Å². The summed E-state index contributed by atoms with van der Waals surface area (Å²) >= 11 is 10.2. The summed E-state index contributed by atoms with van der Waals surface area (Å²) in [6.45, 7) is 5.25. The van der Waals surface area contributed by atoms with Crippen molar-refractivity contribution in [2.24, 2.45) is 0 Å². The minimum atomic E-state index is 0.244. The second-order valence-electron chi connectivity index (χ2n) is 4.54. The number of aryl methyl sites for hydroxylation is 1. The van der Waals surface area contributed by atoms with Crippen molar-refractivity contribution >= 4 is 45.5 Å². The number of benzene rings is 1. The first-order valence-electron chi connectivity index (χ1n) is 6.36. The van der Waals surface area contributed by atoms with E-state index in [0.717, 1.165) is 22.9 Å². The van der Waals surface area contributed by atoms with E-state index in [0.29, 0.717) is 0 Å². The lowest BCUT2D eigenvalue weighted by atomic mass is 10.0. The van der Waals surface area contributed by atoms with Crippen LogP contribution >= 0.6 is 45.5 Å². The van der Waals surface area contributed by atoms with Gasteiger partial charge in [-0.15, -0.1) is 11.3 Å². The lowest BCUT2D eigenvalue weighted by Crippen LogP contribution is -2.22. The normalized spacial score (nSPS) is 12.6. The fourth-order valence-corrected chi connectivity index (χ4v) is 3.63. The Morgan fingerprint density at radius 1 is 1.32 bits per heavy atom. The van der Waals surface area contributed by atoms with Crippen LogP contribution in [-0.4, -0.2) is 6.54 Å². The second-order valence-corrected chi connectivity index (χ2v) is 7.48. The molecule has 0 aliphatic rings. The monoisotopic (exact) mass is 405 g/mol. The maximum atomic E-state index is 6.21. The molecule has 0 aliphatic heterocycles. The minimum Gasteiger partial charge on any atom is -0.306 e. The third-order valence-corrected chi connectivity index (χ3v) is 5.30. The van der Waals surface area contributed by atoms with Gasteiger partial charge in [0.1, 0.15) is 0 Å². The zero-order valence-corrected chi connectivity index (χ0v) is 14.8. The van der Waals surface area contributed by atoms with Crippen LogP contribution in [0.5, 0.6) is 0 Å². The standard InChI is InChI=1S/C15H17ClINS/c1-3-8-18-14(11-4-6-12(17)7-5-11)13-9-10(2)15(16)19-13/h4-7,9,14,18H,3,8H2,1-2H3. The van der Waals surface area contributed by atoms with Crippen molar-refractivity contribution in [2.75, 3.05) is 6.54 Å². The summed E-state index contributed by atoms with van der Waals surface area (Å²) in [5.74, 6) is 0. The van der Waals surface area contributed by atoms with E-state index in [4.69, 9.17) is 11.6 Å². The molecule has 4 heteroatoms. The van der Waals surface area contributed by atoms with Crippen LogP contribution in [0.3, 0.4) is 0 Å². The van der Waals surface area contributed by atoms with Crippen LogP contribution in [0, 0.1) is 10.5 Å². The van der Waals surface area contributed by atoms with Crippen molar-refractivity contribution in [1.29, 1.82) is 0 Å². The quantitative estimate of drug-likeness (QED) is 0.656. The van der Waals surface area contributed by atoms with Gasteiger partial charge in [0.15, 0.2) is 0 Å². The largest absolute Gasteiger partial charge is 0.306 e. The van der Waals surface area contributed by atoms with E-state index in [1.54, 1.807) is 11.3 Å². The van der Waals surface area contributed by atoms with E-state index in [1.165, 1.54) is 14.0 Å². The van der Waals surface area contributed by atoms with Crippen LogP contribution in [-0.2, 0) is 0 Å². The lowest BCUT2D eigenvalue weighted by Gasteiger charge is -2.17. The summed E-state index contributed by atoms with van der Waals surface area (Å²) in [6, 6.07) is 11.1. The smallest absolute Gasteiger partial charge is 0.0961 e. The van der Waals surface area contributed by atoms with Gasteiger partial charge >= 0.3 is 0 Å². The van der Waals surface area contributed by atoms with E-state index in [1.807, 2.05) is 0 Å². The Kier molecular flexibility index (Phi) is 5.69. The van der Waals surface area contributed by atoms with Gasteiger partial charge in [-0.2, -0.15) is 0 Å². The molecule has 0 spiro atoms. The molecule has 0 saturated carbocycles. The van der Waals surface area contributed by atoms with Crippen molar-refractivity contribution in [3.8, 4) is 0 Å². The van der Waals surface area contributed by atoms with Crippen LogP contribution in [0.25, 0.3) is 0 Å². The van der Waals surface area contributed by atoms with Gasteiger partial charge in [0, 0.05) is 8.45 Å². The van der Waals surface area contributed by atoms with Crippen molar-refractivity contribution < 1.29 is 0 Å². The number of hydrogen-bond acceptors (Lipinski definition) is 2. The van der Waals surface area contributed by atoms with Gasteiger partial charge in [0.2, 0.25) is 0 Å². The summed E-state index contributed by atoms with van der Waals surface area (Å²) in [5, 5.41) is 3.61. The van der Waals surface area contributed by atoms with Crippen molar-refractivity contribution in [3.63, 3.8) is 0 Å². The summed E-state index contributed by atoms with van der Waals surface area (Å²) in [5.41, 5.74) is 2.46. The maximum Gasteiger partial charge on any atom is 0.0961 e. The summed E-state index contributed by atoms with van der Waals surface area (Å²) in [4.78, 5) is 1.29. The highest BCUT2D eigenvalue weighted by atomic mass is 127. The third-order valence-electron chi connectivity index (χ3n) is 2.96. The van der Waals surface area contributed by atoms with E-state index in [9.17, 15) is 0 Å². The minimum absolute atomic E-state index is 0.244. The molecule has 0 amide bonds. The molecule has 0 saturated heterocycles. The Hall–Kier alpha value is -0.100. The zero-order valence-electron chi connectivity index (χ0n) is 11.0. The number of halogens is 2. The molecule has 0 radical (unpaired) electrons. The molecule has 1 aromatic heterocycles. The van der Waals surface area contributed by atoms with Crippen LogP contribution in [0.15, 0.2) is 30.3 Å². The van der Waals surface area contributed by atoms with Crippen molar-refractivity contribution in [3.05, 3.63) is 54.2 Å². The maximum absolute atomic E-state index is 6.21. The van der Waals surface area contributed by atoms with E-state index in [2.05, 4.69) is 72.1 Å². The van der Waals surface area contributed by atoms with Gasteiger partial charge in [0.25, 0.3) is 0 Å². The van der Waals surface area contributed by atoms with Crippen molar-refractivity contribution in [1.82, 2.24) is 5.32 Å². The first-order chi connectivity index (χ1) is 9.11. The summed E-state index contributed by atoms with van der Waals surface area (Å²) in [6.07, 6.45) is 1.12. The van der Waals surface area contributed by atoms with Crippen LogP contribution in [0.2, 0.25) is 4.34 Å². The van der Waals surface area contributed by atoms with E-state index in [-0.39, 0.29) is 6.04 Å². The molecule has 0 fully saturated rings. The Bertz CT molecular complexity index is 516. The van der Waals surface area contributed by atoms with Gasteiger partial charge in [-0.25, -0.2) is 0 Å². The average Bonchev–Trinajstić information content (AvgIpc) is 2.72. The van der Waals surface area contributed by atoms with Crippen LogP contribution in [0.4, 0.5) is 0 Å². The van der Waals surface area contributed by atoms with Gasteiger partial charge in [-0.3, -0.25) is 0 Å². The van der Waals surface area contributed by atoms with E-state index >= 15 is 0 Å². The first-order valence-corrected chi connectivity index (χ1v) is 8.63. The van der Waals surface area contributed by atoms with Gasteiger partial charge in [-0.1, -0.05) is 30.7 Å². The molecular weight excluding hydrogens is 389 g/mol. The Labute approximate surface area is 137 Å². The second kappa shape index (κ2) is 7.07. The first kappa shape index (κ1) is 15.3. The predicted molar refractivity (Wildman–Crippen MR) is 93.4 cm³/mol. The fraction of sp³-hybridized carbons (Fsp3) is 0.333. The van der Waals surface area contributed by atoms with Crippen LogP contribution in [0.1, 0.15) is 35.4 Å². The third kappa shape index (κ3) is 3.94. The number of hydrogen-bond donors (Lipinski definition) is 1. The lowest BCUT2D eigenvalue weighted by molar-refractivity contribution is 0.605. The van der Waals surface area contributed by atoms with Gasteiger partial charge in [-0.05, 0) is 71.8 Å². The highest BCUT2D eigenvalue weighted by molar-refractivity contribution is 14.1. The number of nitrogens with one attached hydrogen (secondary N) is 1. The van der Waals surface area contributed by atoms with Crippen LogP contribution < -0.4 is 5.32 Å². The summed E-state index contributed by atoms with van der Waals surface area (Å²) < 4.78 is 2.15. The Balaban J connectivity index is 2.32. The Morgan fingerprint density at radius 2 is 2.00 bits per heavy atom. The molecule has 1 aromatic carbocycles. The topological polar surface area (TPSA) is 12.0 Å². The van der Waals surface area contributed by atoms with Gasteiger partial charge in [0.05, 0.1) is 10.4 Å². The molecule has 1 nitrogen and oxygen atoms in total. The molecule has 19 heavy (non-hydrogen) atoms. The molecule has 102 valence electrons. The highest BCUT2D eigenvalue weighted by Gasteiger charge is 2.16. The molecule has 1 unspecified atom stereocenters. The molecule has 1 N–H and O–H groups in total. The highest BCUT2D eigenvalue weighted by Crippen LogP contribution is 2.34. The SMILES string of the molecule is CCCNC(c1ccc(I)cc1)c1cc(C)c(Cl)s1. The molecule has 2 rings (SSSR count). The Morgan fingerprint density at radius 3 is 2.53 bits per heavy atom. The average molecular weight is 406 g/mol.